The van der Waals surface area contributed by atoms with Crippen molar-refractivity contribution in [2.24, 2.45) is 0 Å². The highest BCUT2D eigenvalue weighted by molar-refractivity contribution is 5.91. The molecule has 0 aliphatic carbocycles. The third-order valence-electron chi connectivity index (χ3n) is 4.42. The Kier molecular flexibility index (Phi) is 5.24. The molecule has 0 aliphatic heterocycles. The lowest BCUT2D eigenvalue weighted by atomic mass is 10.1. The van der Waals surface area contributed by atoms with Crippen molar-refractivity contribution in [3.8, 4) is 0 Å². The Labute approximate surface area is 162 Å². The van der Waals surface area contributed by atoms with E-state index < -0.39 is 0 Å². The second-order valence-electron chi connectivity index (χ2n) is 6.33. The van der Waals surface area contributed by atoms with Gasteiger partial charge in [-0.2, -0.15) is 0 Å². The van der Waals surface area contributed by atoms with E-state index in [-0.39, 0.29) is 11.6 Å². The van der Waals surface area contributed by atoms with Crippen molar-refractivity contribution in [2.75, 3.05) is 11.9 Å². The SMILES string of the molecule is O=C(NCc1ccccn1)c1cnc(NCCc2c[nH]c3ccccc23)cn1. The van der Waals surface area contributed by atoms with Gasteiger partial charge in [-0.1, -0.05) is 24.3 Å². The maximum atomic E-state index is 12.2. The van der Waals surface area contributed by atoms with Crippen LogP contribution in [0.1, 0.15) is 21.7 Å². The van der Waals surface area contributed by atoms with Gasteiger partial charge in [0.25, 0.3) is 5.91 Å². The molecule has 7 nitrogen and oxygen atoms in total. The number of pyridine rings is 1. The predicted octanol–water partition coefficient (Wildman–Crippen LogP) is 2.94. The second kappa shape index (κ2) is 8.30. The number of anilines is 1. The van der Waals surface area contributed by atoms with E-state index in [9.17, 15) is 4.79 Å². The van der Waals surface area contributed by atoms with Crippen LogP contribution in [0.4, 0.5) is 5.82 Å². The minimum absolute atomic E-state index is 0.275. The van der Waals surface area contributed by atoms with Crippen LogP contribution < -0.4 is 10.6 Å². The van der Waals surface area contributed by atoms with Crippen molar-refractivity contribution in [3.05, 3.63) is 84.2 Å². The van der Waals surface area contributed by atoms with Gasteiger partial charge in [-0.25, -0.2) is 9.97 Å². The highest BCUT2D eigenvalue weighted by Gasteiger charge is 2.08. The third kappa shape index (κ3) is 4.15. The number of hydrogen-bond donors (Lipinski definition) is 3. The third-order valence-corrected chi connectivity index (χ3v) is 4.42. The summed E-state index contributed by atoms with van der Waals surface area (Å²) >= 11 is 0. The summed E-state index contributed by atoms with van der Waals surface area (Å²) in [5, 5.41) is 7.26. The molecule has 0 unspecified atom stereocenters. The van der Waals surface area contributed by atoms with Crippen molar-refractivity contribution in [1.29, 1.82) is 0 Å². The fraction of sp³-hybridized carbons (Fsp3) is 0.143. The molecule has 7 heteroatoms. The molecule has 0 saturated heterocycles. The molecule has 0 bridgehead atoms. The molecule has 3 aromatic heterocycles. The first-order valence-corrected chi connectivity index (χ1v) is 9.08. The number of carbonyl (C=O) groups excluding carboxylic acids is 1. The van der Waals surface area contributed by atoms with Gasteiger partial charge < -0.3 is 15.6 Å². The minimum atomic E-state index is -0.275. The van der Waals surface area contributed by atoms with Gasteiger partial charge in [-0.3, -0.25) is 9.78 Å². The summed E-state index contributed by atoms with van der Waals surface area (Å²) in [4.78, 5) is 28.1. The van der Waals surface area contributed by atoms with Gasteiger partial charge in [0.1, 0.15) is 11.5 Å². The number of H-pyrrole nitrogens is 1. The molecule has 28 heavy (non-hydrogen) atoms. The zero-order chi connectivity index (χ0) is 19.2. The number of nitrogens with one attached hydrogen (secondary N) is 3. The summed E-state index contributed by atoms with van der Waals surface area (Å²) in [6.07, 6.45) is 7.63. The van der Waals surface area contributed by atoms with Crippen LogP contribution >= 0.6 is 0 Å². The molecule has 0 aliphatic rings. The average molecular weight is 372 g/mol. The average Bonchev–Trinajstić information content (AvgIpc) is 3.16. The Morgan fingerprint density at radius 3 is 2.71 bits per heavy atom. The monoisotopic (exact) mass is 372 g/mol. The highest BCUT2D eigenvalue weighted by Crippen LogP contribution is 2.18. The second-order valence-corrected chi connectivity index (χ2v) is 6.33. The number of aromatic nitrogens is 4. The van der Waals surface area contributed by atoms with Crippen LogP contribution in [0.15, 0.2) is 67.3 Å². The van der Waals surface area contributed by atoms with Gasteiger partial charge in [0.05, 0.1) is 24.6 Å². The van der Waals surface area contributed by atoms with Crippen LogP contribution in [0.5, 0.6) is 0 Å². The van der Waals surface area contributed by atoms with Crippen molar-refractivity contribution < 1.29 is 4.79 Å². The van der Waals surface area contributed by atoms with Crippen LogP contribution in [-0.2, 0) is 13.0 Å². The maximum Gasteiger partial charge on any atom is 0.271 e. The van der Waals surface area contributed by atoms with Gasteiger partial charge >= 0.3 is 0 Å². The standard InChI is InChI=1S/C21H20N6O/c28-21(27-12-16-5-3-4-9-22-16)19-13-26-20(14-25-19)23-10-8-15-11-24-18-7-2-1-6-17(15)18/h1-7,9,11,13-14,24H,8,10,12H2,(H,23,26)(H,27,28). The van der Waals surface area contributed by atoms with E-state index in [1.54, 1.807) is 12.4 Å². The van der Waals surface area contributed by atoms with Crippen LogP contribution in [-0.4, -0.2) is 32.4 Å². The van der Waals surface area contributed by atoms with Crippen molar-refractivity contribution in [1.82, 2.24) is 25.3 Å². The summed E-state index contributed by atoms with van der Waals surface area (Å²) in [5.41, 5.74) is 3.46. The number of fused-ring (bicyclic) bond motifs is 1. The number of nitrogens with zero attached hydrogens (tertiary/aromatic N) is 3. The van der Waals surface area contributed by atoms with E-state index in [4.69, 9.17) is 0 Å². The summed E-state index contributed by atoms with van der Waals surface area (Å²) in [6, 6.07) is 13.8. The topological polar surface area (TPSA) is 95.6 Å². The zero-order valence-electron chi connectivity index (χ0n) is 15.2. The van der Waals surface area contributed by atoms with Crippen molar-refractivity contribution in [2.45, 2.75) is 13.0 Å². The van der Waals surface area contributed by atoms with Crippen LogP contribution in [0.3, 0.4) is 0 Å². The molecule has 0 fully saturated rings. The Morgan fingerprint density at radius 2 is 1.89 bits per heavy atom. The molecular weight excluding hydrogens is 352 g/mol. The highest BCUT2D eigenvalue weighted by atomic mass is 16.1. The summed E-state index contributed by atoms with van der Waals surface area (Å²) in [5.74, 6) is 0.365. The molecule has 1 aromatic carbocycles. The van der Waals surface area contributed by atoms with Gasteiger partial charge in [0.2, 0.25) is 0 Å². The molecule has 0 spiro atoms. The van der Waals surface area contributed by atoms with Crippen LogP contribution in [0.25, 0.3) is 10.9 Å². The van der Waals surface area contributed by atoms with Gasteiger partial charge in [-0.05, 0) is 30.2 Å². The van der Waals surface area contributed by atoms with Crippen LogP contribution in [0.2, 0.25) is 0 Å². The molecule has 4 rings (SSSR count). The normalized spacial score (nSPS) is 10.7. The Bertz CT molecular complexity index is 1060. The van der Waals surface area contributed by atoms with Crippen molar-refractivity contribution in [3.63, 3.8) is 0 Å². The molecule has 0 atom stereocenters. The summed E-state index contributed by atoms with van der Waals surface area (Å²) in [7, 11) is 0. The molecule has 4 aromatic rings. The Hall–Kier alpha value is -3.74. The van der Waals surface area contributed by atoms with E-state index in [2.05, 4.69) is 42.7 Å². The molecule has 0 radical (unpaired) electrons. The number of aromatic amines is 1. The quantitative estimate of drug-likeness (QED) is 0.464. The molecule has 1 amide bonds. The lowest BCUT2D eigenvalue weighted by Gasteiger charge is -2.07. The summed E-state index contributed by atoms with van der Waals surface area (Å²) in [6.45, 7) is 1.08. The largest absolute Gasteiger partial charge is 0.368 e. The smallest absolute Gasteiger partial charge is 0.271 e. The van der Waals surface area contributed by atoms with E-state index >= 15 is 0 Å². The van der Waals surface area contributed by atoms with Gasteiger partial charge in [0, 0.05) is 29.8 Å². The number of benzene rings is 1. The lowest BCUT2D eigenvalue weighted by Crippen LogP contribution is -2.24. The first kappa shape index (κ1) is 17.7. The Morgan fingerprint density at radius 1 is 1.00 bits per heavy atom. The Balaban J connectivity index is 1.29. The number of para-hydroxylation sites is 1. The molecule has 3 N–H and O–H groups in total. The van der Waals surface area contributed by atoms with E-state index in [1.165, 1.54) is 17.1 Å². The van der Waals surface area contributed by atoms with E-state index in [0.717, 1.165) is 24.2 Å². The molecule has 140 valence electrons. The van der Waals surface area contributed by atoms with Gasteiger partial charge in [0.15, 0.2) is 0 Å². The first-order chi connectivity index (χ1) is 13.8. The lowest BCUT2D eigenvalue weighted by molar-refractivity contribution is 0.0945. The number of rotatable bonds is 7. The fourth-order valence-corrected chi connectivity index (χ4v) is 2.96. The van der Waals surface area contributed by atoms with E-state index in [1.807, 2.05) is 36.5 Å². The number of amides is 1. The predicted molar refractivity (Wildman–Crippen MR) is 108 cm³/mol. The molecular formula is C21H20N6O. The fourth-order valence-electron chi connectivity index (χ4n) is 2.96. The van der Waals surface area contributed by atoms with E-state index in [0.29, 0.717) is 12.4 Å². The number of carbonyl (C=O) groups is 1. The number of hydrogen-bond acceptors (Lipinski definition) is 5. The van der Waals surface area contributed by atoms with Gasteiger partial charge in [-0.15, -0.1) is 0 Å². The first-order valence-electron chi connectivity index (χ1n) is 9.08. The zero-order valence-corrected chi connectivity index (χ0v) is 15.2. The molecule has 3 heterocycles. The summed E-state index contributed by atoms with van der Waals surface area (Å²) < 4.78 is 0. The maximum absolute atomic E-state index is 12.2. The minimum Gasteiger partial charge on any atom is -0.368 e. The van der Waals surface area contributed by atoms with Crippen molar-refractivity contribution >= 4 is 22.6 Å². The molecule has 0 saturated carbocycles. The van der Waals surface area contributed by atoms with Crippen LogP contribution in [0, 0.1) is 0 Å².